The highest BCUT2D eigenvalue weighted by Gasteiger charge is 2.35. The average molecular weight is 570 g/mol. The van der Waals surface area contributed by atoms with Crippen molar-refractivity contribution in [2.24, 2.45) is 5.92 Å². The van der Waals surface area contributed by atoms with Crippen molar-refractivity contribution in [3.8, 4) is 0 Å². The molecule has 4 aromatic carbocycles. The van der Waals surface area contributed by atoms with Crippen molar-refractivity contribution in [2.45, 2.75) is 31.8 Å². The molecule has 1 fully saturated rings. The SMILES string of the molecule is COCCOCC1CNCC(OCc2ccc3ccccc3c2)C1c1ccc(COCCOCc2ccccc2)cc1. The molecule has 0 spiro atoms. The molecule has 3 atom stereocenters. The molecule has 1 N–H and O–H groups in total. The number of hydrogen-bond acceptors (Lipinski definition) is 6. The van der Waals surface area contributed by atoms with E-state index in [1.165, 1.54) is 27.5 Å². The molecule has 0 bridgehead atoms. The first kappa shape index (κ1) is 30.4. The minimum Gasteiger partial charge on any atom is -0.382 e. The maximum atomic E-state index is 6.63. The van der Waals surface area contributed by atoms with Crippen LogP contribution in [0.3, 0.4) is 0 Å². The van der Waals surface area contributed by atoms with E-state index in [1.54, 1.807) is 7.11 Å². The van der Waals surface area contributed by atoms with E-state index < -0.39 is 0 Å². The Morgan fingerprint density at radius 1 is 0.619 bits per heavy atom. The molecule has 42 heavy (non-hydrogen) atoms. The van der Waals surface area contributed by atoms with Gasteiger partial charge in [0.05, 0.1) is 59.0 Å². The van der Waals surface area contributed by atoms with Gasteiger partial charge in [-0.2, -0.15) is 0 Å². The molecule has 1 aliphatic heterocycles. The van der Waals surface area contributed by atoms with Crippen LogP contribution in [-0.2, 0) is 43.5 Å². The van der Waals surface area contributed by atoms with Gasteiger partial charge in [0, 0.05) is 32.0 Å². The second kappa shape index (κ2) is 16.5. The van der Waals surface area contributed by atoms with Crippen LogP contribution in [0.1, 0.15) is 28.2 Å². The zero-order chi connectivity index (χ0) is 28.8. The van der Waals surface area contributed by atoms with Crippen LogP contribution in [0, 0.1) is 5.92 Å². The van der Waals surface area contributed by atoms with Crippen molar-refractivity contribution in [1.29, 1.82) is 0 Å². The molecular formula is C36H43NO5. The van der Waals surface area contributed by atoms with E-state index in [1.807, 2.05) is 18.2 Å². The van der Waals surface area contributed by atoms with E-state index in [4.69, 9.17) is 23.7 Å². The third-order valence-electron chi connectivity index (χ3n) is 7.82. The number of nitrogens with one attached hydrogen (secondary N) is 1. The van der Waals surface area contributed by atoms with Crippen LogP contribution in [0.2, 0.25) is 0 Å². The summed E-state index contributed by atoms with van der Waals surface area (Å²) in [6.45, 7) is 6.42. The van der Waals surface area contributed by atoms with Crippen LogP contribution in [0.15, 0.2) is 97.1 Å². The largest absolute Gasteiger partial charge is 0.382 e. The summed E-state index contributed by atoms with van der Waals surface area (Å²) in [6, 6.07) is 34.0. The van der Waals surface area contributed by atoms with Crippen molar-refractivity contribution < 1.29 is 23.7 Å². The highest BCUT2D eigenvalue weighted by atomic mass is 16.5. The quantitative estimate of drug-likeness (QED) is 0.164. The predicted molar refractivity (Wildman–Crippen MR) is 167 cm³/mol. The fourth-order valence-corrected chi connectivity index (χ4v) is 5.60. The standard InChI is InChI=1S/C36H43NO5/c1-38-17-18-41-27-34-22-37-23-35(42-26-30-13-14-31-9-5-6-10-33(31)21-30)36(34)32-15-11-29(12-16-32)25-40-20-19-39-24-28-7-3-2-4-8-28/h2-16,21,34-37H,17-20,22-27H2,1H3. The molecule has 6 nitrogen and oxygen atoms in total. The summed E-state index contributed by atoms with van der Waals surface area (Å²) in [7, 11) is 1.70. The van der Waals surface area contributed by atoms with Gasteiger partial charge in [-0.25, -0.2) is 0 Å². The minimum atomic E-state index is 0.0325. The Kier molecular flexibility index (Phi) is 11.9. The monoisotopic (exact) mass is 569 g/mol. The number of fused-ring (bicyclic) bond motifs is 1. The summed E-state index contributed by atoms with van der Waals surface area (Å²) < 4.78 is 29.4. The smallest absolute Gasteiger partial charge is 0.0776 e. The van der Waals surface area contributed by atoms with Gasteiger partial charge in [-0.05, 0) is 39.1 Å². The lowest BCUT2D eigenvalue weighted by atomic mass is 9.79. The number of piperidine rings is 1. The molecule has 0 aliphatic carbocycles. The van der Waals surface area contributed by atoms with Crippen LogP contribution in [0.4, 0.5) is 0 Å². The topological polar surface area (TPSA) is 58.2 Å². The molecule has 0 aromatic heterocycles. The molecule has 1 heterocycles. The van der Waals surface area contributed by atoms with Crippen molar-refractivity contribution >= 4 is 10.8 Å². The van der Waals surface area contributed by atoms with E-state index in [2.05, 4.69) is 84.2 Å². The Labute approximate surface area is 249 Å². The summed E-state index contributed by atoms with van der Waals surface area (Å²) >= 11 is 0. The zero-order valence-corrected chi connectivity index (χ0v) is 24.6. The molecule has 5 rings (SSSR count). The van der Waals surface area contributed by atoms with E-state index >= 15 is 0 Å². The first-order valence-corrected chi connectivity index (χ1v) is 14.9. The highest BCUT2D eigenvalue weighted by molar-refractivity contribution is 5.82. The summed E-state index contributed by atoms with van der Waals surface area (Å²) in [5.41, 5.74) is 4.78. The second-order valence-electron chi connectivity index (χ2n) is 10.9. The zero-order valence-electron chi connectivity index (χ0n) is 24.6. The molecule has 0 radical (unpaired) electrons. The van der Waals surface area contributed by atoms with Gasteiger partial charge in [0.15, 0.2) is 0 Å². The van der Waals surface area contributed by atoms with Crippen LogP contribution < -0.4 is 5.32 Å². The van der Waals surface area contributed by atoms with Gasteiger partial charge in [0.25, 0.3) is 0 Å². The van der Waals surface area contributed by atoms with E-state index in [0.29, 0.717) is 58.8 Å². The number of ether oxygens (including phenoxy) is 5. The number of benzene rings is 4. The van der Waals surface area contributed by atoms with E-state index in [9.17, 15) is 0 Å². The van der Waals surface area contributed by atoms with Crippen LogP contribution >= 0.6 is 0 Å². The van der Waals surface area contributed by atoms with Gasteiger partial charge in [-0.15, -0.1) is 0 Å². The average Bonchev–Trinajstić information content (AvgIpc) is 3.04. The molecule has 6 heteroatoms. The molecule has 222 valence electrons. The van der Waals surface area contributed by atoms with Crippen molar-refractivity contribution in [1.82, 2.24) is 5.32 Å². The molecule has 1 saturated heterocycles. The molecular weight excluding hydrogens is 526 g/mol. The predicted octanol–water partition coefficient (Wildman–Crippen LogP) is 6.12. The lowest BCUT2D eigenvalue weighted by molar-refractivity contribution is -0.0288. The Hall–Kier alpha value is -3.10. The number of hydrogen-bond donors (Lipinski definition) is 1. The van der Waals surface area contributed by atoms with E-state index in [-0.39, 0.29) is 12.0 Å². The van der Waals surface area contributed by atoms with Gasteiger partial charge in [-0.3, -0.25) is 0 Å². The van der Waals surface area contributed by atoms with Gasteiger partial charge in [0.1, 0.15) is 0 Å². The summed E-state index contributed by atoms with van der Waals surface area (Å²) in [6.07, 6.45) is 0.0325. The van der Waals surface area contributed by atoms with Crippen LogP contribution in [-0.4, -0.2) is 59.3 Å². The molecule has 0 saturated carbocycles. The fourth-order valence-electron chi connectivity index (χ4n) is 5.60. The van der Waals surface area contributed by atoms with Crippen LogP contribution in [0.25, 0.3) is 10.8 Å². The number of methoxy groups -OCH3 is 1. The van der Waals surface area contributed by atoms with Crippen molar-refractivity contribution in [3.05, 3.63) is 119 Å². The van der Waals surface area contributed by atoms with E-state index in [0.717, 1.165) is 18.7 Å². The number of rotatable bonds is 16. The normalized spacial score (nSPS) is 18.8. The van der Waals surface area contributed by atoms with Gasteiger partial charge < -0.3 is 29.0 Å². The Balaban J connectivity index is 1.18. The Bertz CT molecular complexity index is 1330. The maximum absolute atomic E-state index is 6.63. The maximum Gasteiger partial charge on any atom is 0.0776 e. The third kappa shape index (κ3) is 8.95. The molecule has 4 aromatic rings. The highest BCUT2D eigenvalue weighted by Crippen LogP contribution is 2.34. The lowest BCUT2D eigenvalue weighted by Crippen LogP contribution is -2.48. The first-order chi connectivity index (χ1) is 20.8. The second-order valence-corrected chi connectivity index (χ2v) is 10.9. The fraction of sp³-hybridized carbons (Fsp3) is 0.389. The lowest BCUT2D eigenvalue weighted by Gasteiger charge is -2.39. The summed E-state index contributed by atoms with van der Waals surface area (Å²) in [5.74, 6) is 0.511. The molecule has 1 aliphatic rings. The van der Waals surface area contributed by atoms with Gasteiger partial charge in [-0.1, -0.05) is 91.0 Å². The molecule has 3 unspecified atom stereocenters. The van der Waals surface area contributed by atoms with Crippen molar-refractivity contribution in [2.75, 3.05) is 53.2 Å². The minimum absolute atomic E-state index is 0.0325. The first-order valence-electron chi connectivity index (χ1n) is 14.9. The molecule has 0 amide bonds. The summed E-state index contributed by atoms with van der Waals surface area (Å²) in [4.78, 5) is 0. The summed E-state index contributed by atoms with van der Waals surface area (Å²) in [5, 5.41) is 6.07. The van der Waals surface area contributed by atoms with Gasteiger partial charge in [0.2, 0.25) is 0 Å². The third-order valence-corrected chi connectivity index (χ3v) is 7.82. The Morgan fingerprint density at radius 3 is 2.05 bits per heavy atom. The van der Waals surface area contributed by atoms with Crippen molar-refractivity contribution in [3.63, 3.8) is 0 Å². The van der Waals surface area contributed by atoms with Crippen LogP contribution in [0.5, 0.6) is 0 Å². The Morgan fingerprint density at radius 2 is 1.29 bits per heavy atom. The van der Waals surface area contributed by atoms with Gasteiger partial charge >= 0.3 is 0 Å².